The number of carbonyl (C=O) groups excluding carboxylic acids is 1. The van der Waals surface area contributed by atoms with Gasteiger partial charge in [0.15, 0.2) is 0 Å². The summed E-state index contributed by atoms with van der Waals surface area (Å²) in [6.45, 7) is 0.0675. The highest BCUT2D eigenvalue weighted by molar-refractivity contribution is 8.00. The predicted molar refractivity (Wildman–Crippen MR) is 119 cm³/mol. The standard InChI is InChI=1S/C25H20O4S/c26-24-13-20(22-11-18-6-3-7-19(18)12-23(22)29-24)14-28-25(27)15-30-21-9-8-16-4-1-2-5-17(16)10-21/h1-2,4-5,8-13H,3,6-7,14-15H2. The van der Waals surface area contributed by atoms with E-state index < -0.39 is 5.63 Å². The van der Waals surface area contributed by atoms with Gasteiger partial charge in [0.1, 0.15) is 12.2 Å². The molecule has 0 aliphatic heterocycles. The summed E-state index contributed by atoms with van der Waals surface area (Å²) >= 11 is 1.45. The monoisotopic (exact) mass is 416 g/mol. The number of fused-ring (bicyclic) bond motifs is 3. The molecule has 0 saturated carbocycles. The van der Waals surface area contributed by atoms with Gasteiger partial charge in [-0.1, -0.05) is 30.3 Å². The summed E-state index contributed by atoms with van der Waals surface area (Å²) in [7, 11) is 0. The van der Waals surface area contributed by atoms with E-state index in [1.807, 2.05) is 24.3 Å². The van der Waals surface area contributed by atoms with E-state index in [1.54, 1.807) is 0 Å². The van der Waals surface area contributed by atoms with Gasteiger partial charge in [-0.05, 0) is 65.4 Å². The van der Waals surface area contributed by atoms with Crippen molar-refractivity contribution in [2.24, 2.45) is 0 Å². The van der Waals surface area contributed by atoms with Gasteiger partial charge in [-0.25, -0.2) is 4.79 Å². The highest BCUT2D eigenvalue weighted by Gasteiger charge is 2.16. The van der Waals surface area contributed by atoms with Crippen LogP contribution in [0.4, 0.5) is 0 Å². The van der Waals surface area contributed by atoms with Crippen LogP contribution in [-0.4, -0.2) is 11.7 Å². The van der Waals surface area contributed by atoms with Gasteiger partial charge in [-0.15, -0.1) is 11.8 Å². The van der Waals surface area contributed by atoms with E-state index in [1.165, 1.54) is 34.3 Å². The van der Waals surface area contributed by atoms with Gasteiger partial charge >= 0.3 is 11.6 Å². The maximum Gasteiger partial charge on any atom is 0.336 e. The van der Waals surface area contributed by atoms with Crippen molar-refractivity contribution in [3.05, 3.63) is 87.8 Å². The molecule has 5 heteroatoms. The van der Waals surface area contributed by atoms with Crippen LogP contribution in [0, 0.1) is 0 Å². The molecule has 0 atom stereocenters. The van der Waals surface area contributed by atoms with Gasteiger partial charge in [0.05, 0.1) is 5.75 Å². The maximum atomic E-state index is 12.3. The van der Waals surface area contributed by atoms with Crippen LogP contribution in [0.15, 0.2) is 74.8 Å². The van der Waals surface area contributed by atoms with Crippen LogP contribution in [0.1, 0.15) is 23.1 Å². The van der Waals surface area contributed by atoms with E-state index in [2.05, 4.69) is 30.3 Å². The lowest BCUT2D eigenvalue weighted by Crippen LogP contribution is -2.09. The second kappa shape index (κ2) is 8.00. The van der Waals surface area contributed by atoms with E-state index in [0.717, 1.165) is 34.9 Å². The Hall–Kier alpha value is -3.05. The molecule has 5 rings (SSSR count). The minimum Gasteiger partial charge on any atom is -0.460 e. The molecular weight excluding hydrogens is 396 g/mol. The Morgan fingerprint density at radius 2 is 1.77 bits per heavy atom. The fourth-order valence-electron chi connectivity index (χ4n) is 4.01. The molecule has 0 unspecified atom stereocenters. The van der Waals surface area contributed by atoms with Crippen molar-refractivity contribution in [3.8, 4) is 0 Å². The Morgan fingerprint density at radius 1 is 0.967 bits per heavy atom. The van der Waals surface area contributed by atoms with Crippen LogP contribution in [0.3, 0.4) is 0 Å². The SMILES string of the molecule is O=C(CSc1ccc2ccccc2c1)OCc1cc(=O)oc2cc3c(cc12)CCC3. The molecule has 30 heavy (non-hydrogen) atoms. The Labute approximate surface area is 177 Å². The lowest BCUT2D eigenvalue weighted by atomic mass is 10.0. The lowest BCUT2D eigenvalue weighted by molar-refractivity contribution is -0.141. The van der Waals surface area contributed by atoms with Crippen molar-refractivity contribution in [3.63, 3.8) is 0 Å². The van der Waals surface area contributed by atoms with Gasteiger partial charge in [0, 0.05) is 21.9 Å². The minimum atomic E-state index is -0.419. The smallest absolute Gasteiger partial charge is 0.336 e. The highest BCUT2D eigenvalue weighted by atomic mass is 32.2. The van der Waals surface area contributed by atoms with Gasteiger partial charge in [0.2, 0.25) is 0 Å². The Balaban J connectivity index is 1.28. The van der Waals surface area contributed by atoms with Crippen LogP contribution in [0.5, 0.6) is 0 Å². The predicted octanol–water partition coefficient (Wildman–Crippen LogP) is 5.27. The number of carbonyl (C=O) groups is 1. The van der Waals surface area contributed by atoms with Crippen molar-refractivity contribution >= 4 is 39.5 Å². The molecule has 3 aromatic carbocycles. The Morgan fingerprint density at radius 3 is 2.63 bits per heavy atom. The summed E-state index contributed by atoms with van der Waals surface area (Å²) in [5.74, 6) is -0.0941. The molecule has 4 aromatic rings. The number of esters is 1. The summed E-state index contributed by atoms with van der Waals surface area (Å²) < 4.78 is 10.9. The summed E-state index contributed by atoms with van der Waals surface area (Å²) in [5.41, 5.74) is 3.37. The fourth-order valence-corrected chi connectivity index (χ4v) is 4.76. The van der Waals surface area contributed by atoms with Crippen molar-refractivity contribution < 1.29 is 13.9 Å². The summed E-state index contributed by atoms with van der Waals surface area (Å²) in [4.78, 5) is 25.3. The van der Waals surface area contributed by atoms with Crippen LogP contribution in [0.2, 0.25) is 0 Å². The zero-order chi connectivity index (χ0) is 20.5. The molecule has 1 heterocycles. The summed E-state index contributed by atoms with van der Waals surface area (Å²) in [5, 5.41) is 3.17. The number of thioether (sulfide) groups is 1. The highest BCUT2D eigenvalue weighted by Crippen LogP contribution is 2.29. The molecule has 150 valence electrons. The zero-order valence-corrected chi connectivity index (χ0v) is 17.2. The van der Waals surface area contributed by atoms with Crippen molar-refractivity contribution in [2.75, 3.05) is 5.75 Å². The Kier molecular flexibility index (Phi) is 5.05. The van der Waals surface area contributed by atoms with E-state index in [-0.39, 0.29) is 18.3 Å². The number of benzene rings is 3. The van der Waals surface area contributed by atoms with Crippen molar-refractivity contribution in [2.45, 2.75) is 30.8 Å². The second-order valence-corrected chi connectivity index (χ2v) is 8.57. The molecular formula is C25H20O4S. The number of aryl methyl sites for hydroxylation is 2. The first-order valence-corrected chi connectivity index (χ1v) is 11.0. The molecule has 0 N–H and O–H groups in total. The van der Waals surface area contributed by atoms with Crippen LogP contribution in [0.25, 0.3) is 21.7 Å². The van der Waals surface area contributed by atoms with Crippen LogP contribution in [-0.2, 0) is 29.0 Å². The molecule has 0 fully saturated rings. The van der Waals surface area contributed by atoms with Crippen LogP contribution >= 0.6 is 11.8 Å². The second-order valence-electron chi connectivity index (χ2n) is 7.52. The van der Waals surface area contributed by atoms with E-state index in [4.69, 9.17) is 9.15 Å². The third-order valence-electron chi connectivity index (χ3n) is 5.51. The molecule has 0 spiro atoms. The quantitative estimate of drug-likeness (QED) is 0.252. The fraction of sp³-hybridized carbons (Fsp3) is 0.200. The number of ether oxygens (including phenoxy) is 1. The third-order valence-corrected chi connectivity index (χ3v) is 6.48. The normalized spacial score (nSPS) is 12.9. The molecule has 4 nitrogen and oxygen atoms in total. The van der Waals surface area contributed by atoms with Crippen molar-refractivity contribution in [1.29, 1.82) is 0 Å². The molecule has 1 aromatic heterocycles. The molecule has 1 aliphatic rings. The minimum absolute atomic E-state index is 0.0675. The Bertz CT molecular complexity index is 1320. The average molecular weight is 416 g/mol. The first-order chi connectivity index (χ1) is 14.7. The lowest BCUT2D eigenvalue weighted by Gasteiger charge is -2.09. The number of hydrogen-bond donors (Lipinski definition) is 0. The number of hydrogen-bond acceptors (Lipinski definition) is 5. The molecule has 1 aliphatic carbocycles. The molecule has 0 bridgehead atoms. The number of rotatable bonds is 5. The molecule has 0 radical (unpaired) electrons. The van der Waals surface area contributed by atoms with Crippen molar-refractivity contribution in [1.82, 2.24) is 0 Å². The molecule has 0 amide bonds. The average Bonchev–Trinajstić information content (AvgIpc) is 3.21. The maximum absolute atomic E-state index is 12.3. The van der Waals surface area contributed by atoms with Gasteiger partial charge in [0.25, 0.3) is 0 Å². The van der Waals surface area contributed by atoms with Crippen LogP contribution < -0.4 is 5.63 Å². The first kappa shape index (κ1) is 18.9. The summed E-state index contributed by atoms with van der Waals surface area (Å²) in [6, 6.07) is 19.7. The molecule has 0 saturated heterocycles. The topological polar surface area (TPSA) is 56.5 Å². The third kappa shape index (κ3) is 3.85. The first-order valence-electron chi connectivity index (χ1n) is 10.0. The van der Waals surface area contributed by atoms with E-state index >= 15 is 0 Å². The summed E-state index contributed by atoms with van der Waals surface area (Å²) in [6.07, 6.45) is 3.17. The zero-order valence-electron chi connectivity index (χ0n) is 16.4. The van der Waals surface area contributed by atoms with Gasteiger partial charge < -0.3 is 9.15 Å². The van der Waals surface area contributed by atoms with Gasteiger partial charge in [-0.3, -0.25) is 4.79 Å². The largest absolute Gasteiger partial charge is 0.460 e. The van der Waals surface area contributed by atoms with Gasteiger partial charge in [-0.2, -0.15) is 0 Å². The van der Waals surface area contributed by atoms with E-state index in [0.29, 0.717) is 11.1 Å². The van der Waals surface area contributed by atoms with E-state index in [9.17, 15) is 9.59 Å².